The molecule has 26 heavy (non-hydrogen) atoms. The SMILES string of the molecule is Cc1cc(N2CCCC2)ccc1NC(=O)CNC(=O)c1cccc(F)c1. The van der Waals surface area contributed by atoms with Crippen molar-refractivity contribution in [2.75, 3.05) is 29.9 Å². The van der Waals surface area contributed by atoms with Crippen LogP contribution in [-0.4, -0.2) is 31.4 Å². The first-order valence-corrected chi connectivity index (χ1v) is 8.72. The van der Waals surface area contributed by atoms with Crippen LogP contribution in [0.15, 0.2) is 42.5 Å². The normalized spacial score (nSPS) is 13.5. The summed E-state index contributed by atoms with van der Waals surface area (Å²) in [6.07, 6.45) is 2.42. The molecular weight excluding hydrogens is 333 g/mol. The van der Waals surface area contributed by atoms with Crippen LogP contribution < -0.4 is 15.5 Å². The van der Waals surface area contributed by atoms with Gasteiger partial charge in [0.25, 0.3) is 5.91 Å². The fourth-order valence-corrected chi connectivity index (χ4v) is 3.05. The zero-order chi connectivity index (χ0) is 18.5. The summed E-state index contributed by atoms with van der Waals surface area (Å²) < 4.78 is 13.1. The van der Waals surface area contributed by atoms with Crippen molar-refractivity contribution in [3.8, 4) is 0 Å². The second-order valence-corrected chi connectivity index (χ2v) is 6.43. The fourth-order valence-electron chi connectivity index (χ4n) is 3.05. The van der Waals surface area contributed by atoms with E-state index >= 15 is 0 Å². The summed E-state index contributed by atoms with van der Waals surface area (Å²) in [5.74, 6) is -1.30. The molecule has 3 rings (SSSR count). The number of nitrogens with zero attached hydrogens (tertiary/aromatic N) is 1. The van der Waals surface area contributed by atoms with Gasteiger partial charge in [-0.3, -0.25) is 9.59 Å². The number of carbonyl (C=O) groups excluding carboxylic acids is 2. The number of hydrogen-bond acceptors (Lipinski definition) is 3. The van der Waals surface area contributed by atoms with Crippen LogP contribution in [0.1, 0.15) is 28.8 Å². The molecular formula is C20H22FN3O2. The topological polar surface area (TPSA) is 61.4 Å². The van der Waals surface area contributed by atoms with Crippen LogP contribution in [-0.2, 0) is 4.79 Å². The van der Waals surface area contributed by atoms with Gasteiger partial charge in [0.2, 0.25) is 5.91 Å². The molecule has 0 radical (unpaired) electrons. The third-order valence-corrected chi connectivity index (χ3v) is 4.45. The van der Waals surface area contributed by atoms with Crippen molar-refractivity contribution < 1.29 is 14.0 Å². The molecule has 2 amide bonds. The Morgan fingerprint density at radius 1 is 1.12 bits per heavy atom. The summed E-state index contributed by atoms with van der Waals surface area (Å²) in [6.45, 7) is 3.90. The summed E-state index contributed by atoms with van der Waals surface area (Å²) in [4.78, 5) is 26.4. The van der Waals surface area contributed by atoms with Crippen LogP contribution >= 0.6 is 0 Å². The van der Waals surface area contributed by atoms with E-state index in [0.29, 0.717) is 0 Å². The first-order chi connectivity index (χ1) is 12.5. The second kappa shape index (κ2) is 7.99. The fraction of sp³-hybridized carbons (Fsp3) is 0.300. The van der Waals surface area contributed by atoms with Gasteiger partial charge in [0.1, 0.15) is 5.82 Å². The van der Waals surface area contributed by atoms with Gasteiger partial charge in [-0.2, -0.15) is 0 Å². The van der Waals surface area contributed by atoms with Crippen molar-refractivity contribution in [3.05, 3.63) is 59.4 Å². The van der Waals surface area contributed by atoms with Gasteiger partial charge in [-0.15, -0.1) is 0 Å². The van der Waals surface area contributed by atoms with Gasteiger partial charge in [0, 0.05) is 30.0 Å². The number of carbonyl (C=O) groups is 2. The Labute approximate surface area is 152 Å². The van der Waals surface area contributed by atoms with Crippen molar-refractivity contribution in [2.45, 2.75) is 19.8 Å². The highest BCUT2D eigenvalue weighted by molar-refractivity contribution is 5.99. The highest BCUT2D eigenvalue weighted by Crippen LogP contribution is 2.25. The molecule has 0 bridgehead atoms. The van der Waals surface area contributed by atoms with Crippen LogP contribution in [0.5, 0.6) is 0 Å². The van der Waals surface area contributed by atoms with Crippen LogP contribution in [0, 0.1) is 12.7 Å². The van der Waals surface area contributed by atoms with Gasteiger partial charge < -0.3 is 15.5 Å². The molecule has 0 atom stereocenters. The first kappa shape index (κ1) is 17.9. The van der Waals surface area contributed by atoms with Crippen molar-refractivity contribution in [1.82, 2.24) is 5.32 Å². The lowest BCUT2D eigenvalue weighted by atomic mass is 10.1. The molecule has 1 heterocycles. The third-order valence-electron chi connectivity index (χ3n) is 4.45. The number of rotatable bonds is 5. The molecule has 136 valence electrons. The number of benzene rings is 2. The van der Waals surface area contributed by atoms with Gasteiger partial charge in [-0.05, 0) is 61.7 Å². The van der Waals surface area contributed by atoms with Crippen molar-refractivity contribution in [1.29, 1.82) is 0 Å². The summed E-state index contributed by atoms with van der Waals surface area (Å²) in [5, 5.41) is 5.30. The van der Waals surface area contributed by atoms with E-state index < -0.39 is 11.7 Å². The van der Waals surface area contributed by atoms with Crippen LogP contribution in [0.2, 0.25) is 0 Å². The maximum absolute atomic E-state index is 13.1. The Hall–Kier alpha value is -2.89. The zero-order valence-electron chi connectivity index (χ0n) is 14.7. The Morgan fingerprint density at radius 3 is 2.58 bits per heavy atom. The second-order valence-electron chi connectivity index (χ2n) is 6.43. The largest absolute Gasteiger partial charge is 0.372 e. The lowest BCUT2D eigenvalue weighted by molar-refractivity contribution is -0.115. The number of nitrogens with one attached hydrogen (secondary N) is 2. The van der Waals surface area contributed by atoms with Gasteiger partial charge in [0.05, 0.1) is 6.54 Å². The Morgan fingerprint density at radius 2 is 1.88 bits per heavy atom. The molecule has 0 spiro atoms. The van der Waals surface area contributed by atoms with E-state index in [-0.39, 0.29) is 18.0 Å². The summed E-state index contributed by atoms with van der Waals surface area (Å²) >= 11 is 0. The zero-order valence-corrected chi connectivity index (χ0v) is 14.7. The Kier molecular flexibility index (Phi) is 5.51. The molecule has 5 nitrogen and oxygen atoms in total. The Bertz CT molecular complexity index is 816. The average Bonchev–Trinajstić information content (AvgIpc) is 3.16. The van der Waals surface area contributed by atoms with Gasteiger partial charge in [-0.1, -0.05) is 6.07 Å². The minimum atomic E-state index is -0.490. The average molecular weight is 355 g/mol. The molecule has 0 saturated carbocycles. The van der Waals surface area contributed by atoms with Crippen molar-refractivity contribution in [3.63, 3.8) is 0 Å². The predicted octanol–water partition coefficient (Wildman–Crippen LogP) is 3.10. The lowest BCUT2D eigenvalue weighted by Crippen LogP contribution is -2.33. The minimum Gasteiger partial charge on any atom is -0.372 e. The van der Waals surface area contributed by atoms with Crippen molar-refractivity contribution in [2.24, 2.45) is 0 Å². The molecule has 0 aliphatic carbocycles. The number of amides is 2. The van der Waals surface area contributed by atoms with Crippen LogP contribution in [0.4, 0.5) is 15.8 Å². The van der Waals surface area contributed by atoms with E-state index in [1.54, 1.807) is 0 Å². The number of hydrogen-bond donors (Lipinski definition) is 2. The molecule has 1 fully saturated rings. The van der Waals surface area contributed by atoms with Gasteiger partial charge in [-0.25, -0.2) is 4.39 Å². The number of halogens is 1. The monoisotopic (exact) mass is 355 g/mol. The Balaban J connectivity index is 1.55. The molecule has 6 heteroatoms. The molecule has 1 aliphatic rings. The minimum absolute atomic E-state index is 0.178. The van der Waals surface area contributed by atoms with Gasteiger partial charge >= 0.3 is 0 Å². The maximum atomic E-state index is 13.1. The van der Waals surface area contributed by atoms with Gasteiger partial charge in [0.15, 0.2) is 0 Å². The smallest absolute Gasteiger partial charge is 0.251 e. The van der Waals surface area contributed by atoms with E-state index in [1.807, 2.05) is 19.1 Å². The van der Waals surface area contributed by atoms with Crippen LogP contribution in [0.3, 0.4) is 0 Å². The molecule has 2 N–H and O–H groups in total. The molecule has 1 aliphatic heterocycles. The van der Waals surface area contributed by atoms with E-state index in [2.05, 4.69) is 21.6 Å². The van der Waals surface area contributed by atoms with E-state index in [9.17, 15) is 14.0 Å². The van der Waals surface area contributed by atoms with Crippen molar-refractivity contribution >= 4 is 23.2 Å². The molecule has 1 saturated heterocycles. The van der Waals surface area contributed by atoms with Crippen LogP contribution in [0.25, 0.3) is 0 Å². The summed E-state index contributed by atoms with van der Waals surface area (Å²) in [5.41, 5.74) is 3.04. The quantitative estimate of drug-likeness (QED) is 0.866. The van der Waals surface area contributed by atoms with E-state index in [4.69, 9.17) is 0 Å². The molecule has 2 aromatic carbocycles. The molecule has 0 unspecified atom stereocenters. The highest BCUT2D eigenvalue weighted by Gasteiger charge is 2.14. The third kappa shape index (κ3) is 4.39. The number of anilines is 2. The lowest BCUT2D eigenvalue weighted by Gasteiger charge is -2.19. The summed E-state index contributed by atoms with van der Waals surface area (Å²) in [7, 11) is 0. The molecule has 2 aromatic rings. The number of aryl methyl sites for hydroxylation is 1. The highest BCUT2D eigenvalue weighted by atomic mass is 19.1. The predicted molar refractivity (Wildman–Crippen MR) is 100.0 cm³/mol. The standard InChI is InChI=1S/C20H22FN3O2/c1-14-11-17(24-9-2-3-10-24)7-8-18(14)23-19(25)13-22-20(26)15-5-4-6-16(21)12-15/h4-8,11-12H,2-3,9-10,13H2,1H3,(H,22,26)(H,23,25). The van der Waals surface area contributed by atoms with E-state index in [1.165, 1.54) is 31.0 Å². The van der Waals surface area contributed by atoms with E-state index in [0.717, 1.165) is 36.1 Å². The molecule has 0 aromatic heterocycles. The first-order valence-electron chi connectivity index (χ1n) is 8.72. The maximum Gasteiger partial charge on any atom is 0.251 e. The summed E-state index contributed by atoms with van der Waals surface area (Å²) in [6, 6.07) is 11.3.